The number of para-hydroxylation sites is 1. The summed E-state index contributed by atoms with van der Waals surface area (Å²) >= 11 is 0. The standard InChI is InChI=1S/C21H28N4O2/c1-16(2)18-14-19(25(23-18)17-8-4-3-5-9-17)22-20(26)24-12-13-27-21(15-24)10-6-7-11-21/h3-5,8-9,14,16H,6-7,10-13,15H2,1-2H3,(H,22,26). The second-order valence-corrected chi connectivity index (χ2v) is 7.95. The van der Waals surface area contributed by atoms with E-state index in [1.165, 1.54) is 12.8 Å². The molecule has 1 N–H and O–H groups in total. The zero-order chi connectivity index (χ0) is 18.9. The second-order valence-electron chi connectivity index (χ2n) is 7.95. The first-order valence-electron chi connectivity index (χ1n) is 9.92. The van der Waals surface area contributed by atoms with E-state index in [0.717, 1.165) is 24.2 Å². The van der Waals surface area contributed by atoms with Gasteiger partial charge in [-0.2, -0.15) is 5.10 Å². The number of hydrogen-bond donors (Lipinski definition) is 1. The maximum Gasteiger partial charge on any atom is 0.323 e. The van der Waals surface area contributed by atoms with Gasteiger partial charge in [-0.1, -0.05) is 44.9 Å². The first-order valence-corrected chi connectivity index (χ1v) is 9.92. The van der Waals surface area contributed by atoms with Crippen LogP contribution in [-0.2, 0) is 4.74 Å². The summed E-state index contributed by atoms with van der Waals surface area (Å²) in [6.45, 7) is 6.13. The number of carbonyl (C=O) groups excluding carboxylic acids is 1. The van der Waals surface area contributed by atoms with Crippen molar-refractivity contribution < 1.29 is 9.53 Å². The highest BCUT2D eigenvalue weighted by Crippen LogP contribution is 2.36. The van der Waals surface area contributed by atoms with Gasteiger partial charge in [0.25, 0.3) is 0 Å². The predicted octanol–water partition coefficient (Wildman–Crippen LogP) is 4.17. The molecule has 2 fully saturated rings. The lowest BCUT2D eigenvalue weighted by atomic mass is 10.00. The van der Waals surface area contributed by atoms with Gasteiger partial charge in [0, 0.05) is 12.6 Å². The summed E-state index contributed by atoms with van der Waals surface area (Å²) < 4.78 is 7.86. The smallest absolute Gasteiger partial charge is 0.323 e. The van der Waals surface area contributed by atoms with Crippen molar-refractivity contribution in [2.75, 3.05) is 25.0 Å². The Morgan fingerprint density at radius 1 is 1.22 bits per heavy atom. The van der Waals surface area contributed by atoms with Crippen LogP contribution in [0.3, 0.4) is 0 Å². The van der Waals surface area contributed by atoms with Crippen LogP contribution in [0.4, 0.5) is 10.6 Å². The Bertz CT molecular complexity index is 794. The molecule has 2 aromatic rings. The monoisotopic (exact) mass is 368 g/mol. The summed E-state index contributed by atoms with van der Waals surface area (Å²) in [6.07, 6.45) is 4.48. The average molecular weight is 368 g/mol. The molecule has 1 saturated heterocycles. The zero-order valence-corrected chi connectivity index (χ0v) is 16.1. The van der Waals surface area contributed by atoms with Crippen LogP contribution >= 0.6 is 0 Å². The van der Waals surface area contributed by atoms with E-state index in [4.69, 9.17) is 9.84 Å². The zero-order valence-electron chi connectivity index (χ0n) is 16.1. The topological polar surface area (TPSA) is 59.4 Å². The van der Waals surface area contributed by atoms with Gasteiger partial charge in [-0.15, -0.1) is 0 Å². The van der Waals surface area contributed by atoms with E-state index in [2.05, 4.69) is 19.2 Å². The minimum atomic E-state index is -0.127. The molecule has 6 heteroatoms. The van der Waals surface area contributed by atoms with E-state index in [-0.39, 0.29) is 17.6 Å². The van der Waals surface area contributed by atoms with Crippen molar-refractivity contribution in [3.05, 3.63) is 42.1 Å². The highest BCUT2D eigenvalue weighted by atomic mass is 16.5. The average Bonchev–Trinajstić information content (AvgIpc) is 3.30. The lowest BCUT2D eigenvalue weighted by molar-refractivity contribution is -0.0914. The van der Waals surface area contributed by atoms with Gasteiger partial charge in [0.05, 0.1) is 30.1 Å². The van der Waals surface area contributed by atoms with Gasteiger partial charge in [-0.25, -0.2) is 9.48 Å². The molecule has 27 heavy (non-hydrogen) atoms. The lowest BCUT2D eigenvalue weighted by Crippen LogP contribution is -2.53. The minimum absolute atomic E-state index is 0.0723. The van der Waals surface area contributed by atoms with E-state index in [0.29, 0.717) is 25.5 Å². The molecule has 1 aliphatic carbocycles. The third-order valence-electron chi connectivity index (χ3n) is 5.61. The molecule has 1 saturated carbocycles. The Hall–Kier alpha value is -2.34. The largest absolute Gasteiger partial charge is 0.371 e. The molecule has 1 spiro atoms. The van der Waals surface area contributed by atoms with Crippen molar-refractivity contribution in [3.8, 4) is 5.69 Å². The summed E-state index contributed by atoms with van der Waals surface area (Å²) in [5, 5.41) is 7.80. The minimum Gasteiger partial charge on any atom is -0.371 e. The lowest BCUT2D eigenvalue weighted by Gasteiger charge is -2.40. The molecule has 144 valence electrons. The quantitative estimate of drug-likeness (QED) is 0.884. The Balaban J connectivity index is 1.55. The number of nitrogens with one attached hydrogen (secondary N) is 1. The van der Waals surface area contributed by atoms with Crippen LogP contribution in [0.5, 0.6) is 0 Å². The molecule has 0 radical (unpaired) electrons. The Morgan fingerprint density at radius 2 is 1.96 bits per heavy atom. The summed E-state index contributed by atoms with van der Waals surface area (Å²) in [4.78, 5) is 14.9. The Kier molecular flexibility index (Phi) is 4.91. The van der Waals surface area contributed by atoms with Crippen molar-refractivity contribution in [3.63, 3.8) is 0 Å². The molecule has 4 rings (SSSR count). The van der Waals surface area contributed by atoms with Crippen molar-refractivity contribution in [1.82, 2.24) is 14.7 Å². The van der Waals surface area contributed by atoms with Crippen LogP contribution in [0.15, 0.2) is 36.4 Å². The molecule has 2 heterocycles. The van der Waals surface area contributed by atoms with Crippen LogP contribution < -0.4 is 5.32 Å². The molecule has 6 nitrogen and oxygen atoms in total. The van der Waals surface area contributed by atoms with E-state index in [9.17, 15) is 4.79 Å². The van der Waals surface area contributed by atoms with Gasteiger partial charge in [0.1, 0.15) is 5.82 Å². The number of ether oxygens (including phenoxy) is 1. The summed E-state index contributed by atoms with van der Waals surface area (Å²) in [6, 6.07) is 11.8. The molecule has 0 bridgehead atoms. The maximum atomic E-state index is 13.0. The molecule has 2 aliphatic rings. The number of hydrogen-bond acceptors (Lipinski definition) is 3. The molecule has 1 aromatic heterocycles. The van der Waals surface area contributed by atoms with Crippen molar-refractivity contribution >= 4 is 11.8 Å². The predicted molar refractivity (Wildman–Crippen MR) is 105 cm³/mol. The summed E-state index contributed by atoms with van der Waals surface area (Å²) in [7, 11) is 0. The number of carbonyl (C=O) groups is 1. The van der Waals surface area contributed by atoms with E-state index >= 15 is 0 Å². The molecule has 1 aromatic carbocycles. The van der Waals surface area contributed by atoms with Crippen molar-refractivity contribution in [2.45, 2.75) is 51.0 Å². The number of benzene rings is 1. The Morgan fingerprint density at radius 3 is 2.67 bits per heavy atom. The normalized spacial score (nSPS) is 19.0. The fraction of sp³-hybridized carbons (Fsp3) is 0.524. The molecule has 0 unspecified atom stereocenters. The van der Waals surface area contributed by atoms with Crippen molar-refractivity contribution in [2.24, 2.45) is 0 Å². The van der Waals surface area contributed by atoms with Gasteiger partial charge < -0.3 is 9.64 Å². The van der Waals surface area contributed by atoms with Crippen LogP contribution in [-0.4, -0.2) is 46.0 Å². The SMILES string of the molecule is CC(C)c1cc(NC(=O)N2CCOC3(CCCC3)C2)n(-c2ccccc2)n1. The highest BCUT2D eigenvalue weighted by molar-refractivity contribution is 5.89. The molecule has 1 aliphatic heterocycles. The van der Waals surface area contributed by atoms with Gasteiger partial charge in [-0.05, 0) is 30.9 Å². The number of anilines is 1. The first-order chi connectivity index (χ1) is 13.1. The number of morpholine rings is 1. The van der Waals surface area contributed by atoms with E-state index in [1.807, 2.05) is 46.0 Å². The van der Waals surface area contributed by atoms with Crippen LogP contribution in [0.1, 0.15) is 51.1 Å². The third-order valence-corrected chi connectivity index (χ3v) is 5.61. The highest BCUT2D eigenvalue weighted by Gasteiger charge is 2.40. The Labute approximate surface area is 160 Å². The number of nitrogens with zero attached hydrogens (tertiary/aromatic N) is 3. The summed E-state index contributed by atoms with van der Waals surface area (Å²) in [5.74, 6) is 0.998. The van der Waals surface area contributed by atoms with Gasteiger partial charge >= 0.3 is 6.03 Å². The third kappa shape index (κ3) is 3.72. The number of aromatic nitrogens is 2. The molecular weight excluding hydrogens is 340 g/mol. The number of urea groups is 1. The van der Waals surface area contributed by atoms with Crippen LogP contribution in [0.25, 0.3) is 5.69 Å². The first kappa shape index (κ1) is 18.0. The maximum absolute atomic E-state index is 13.0. The fourth-order valence-electron chi connectivity index (χ4n) is 4.07. The molecular formula is C21H28N4O2. The fourth-order valence-corrected chi connectivity index (χ4v) is 4.07. The molecule has 0 atom stereocenters. The van der Waals surface area contributed by atoms with Gasteiger partial charge in [0.15, 0.2) is 0 Å². The van der Waals surface area contributed by atoms with Crippen LogP contribution in [0, 0.1) is 0 Å². The van der Waals surface area contributed by atoms with E-state index in [1.54, 1.807) is 0 Å². The van der Waals surface area contributed by atoms with Gasteiger partial charge in [-0.3, -0.25) is 5.32 Å². The number of rotatable bonds is 3. The van der Waals surface area contributed by atoms with Crippen molar-refractivity contribution in [1.29, 1.82) is 0 Å². The van der Waals surface area contributed by atoms with Gasteiger partial charge in [0.2, 0.25) is 0 Å². The summed E-state index contributed by atoms with van der Waals surface area (Å²) in [5.41, 5.74) is 1.77. The number of amides is 2. The second kappa shape index (κ2) is 7.35. The van der Waals surface area contributed by atoms with Crippen LogP contribution in [0.2, 0.25) is 0 Å². The van der Waals surface area contributed by atoms with E-state index < -0.39 is 0 Å². The molecule has 2 amide bonds.